The number of hydrogen-bond donors (Lipinski definition) is 2. The van der Waals surface area contributed by atoms with Crippen LogP contribution >= 0.6 is 35.0 Å². The topological polar surface area (TPSA) is 122 Å². The van der Waals surface area contributed by atoms with Crippen molar-refractivity contribution in [3.8, 4) is 0 Å². The van der Waals surface area contributed by atoms with Crippen molar-refractivity contribution in [3.63, 3.8) is 0 Å². The summed E-state index contributed by atoms with van der Waals surface area (Å²) in [6.07, 6.45) is 1.81. The van der Waals surface area contributed by atoms with Crippen LogP contribution in [-0.4, -0.2) is 60.2 Å². The highest BCUT2D eigenvalue weighted by Gasteiger charge is 2.24. The molecule has 1 fully saturated rings. The second-order valence-corrected chi connectivity index (χ2v) is 13.2. The summed E-state index contributed by atoms with van der Waals surface area (Å²) in [6, 6.07) is 13.8. The van der Waals surface area contributed by atoms with Gasteiger partial charge in [-0.3, -0.25) is 14.2 Å². The van der Waals surface area contributed by atoms with Crippen molar-refractivity contribution < 1.29 is 26.4 Å². The van der Waals surface area contributed by atoms with Crippen molar-refractivity contribution in [2.45, 2.75) is 14.7 Å². The van der Waals surface area contributed by atoms with E-state index in [1.54, 1.807) is 11.0 Å². The van der Waals surface area contributed by atoms with Gasteiger partial charge in [-0.2, -0.15) is 0 Å². The molecule has 0 bridgehead atoms. The number of amides is 1. The number of nitrogens with one attached hydrogen (secondary N) is 2. The summed E-state index contributed by atoms with van der Waals surface area (Å²) in [5, 5.41) is 0.528. The smallest absolute Gasteiger partial charge is 0.261 e. The van der Waals surface area contributed by atoms with Gasteiger partial charge in [-0.15, -0.1) is 11.8 Å². The lowest BCUT2D eigenvalue weighted by molar-refractivity contribution is 0.0300. The minimum absolute atomic E-state index is 0.0943. The van der Waals surface area contributed by atoms with Crippen LogP contribution in [0.2, 0.25) is 10.0 Å². The van der Waals surface area contributed by atoms with Gasteiger partial charge in [0.2, 0.25) is 0 Å². The Kier molecular flexibility index (Phi) is 8.80. The second-order valence-electron chi connectivity index (χ2n) is 8.16. The minimum atomic E-state index is -4.08. The molecule has 0 saturated carbocycles. The highest BCUT2D eigenvalue weighted by molar-refractivity contribution is 7.98. The number of ether oxygens (including phenoxy) is 1. The quantitative estimate of drug-likeness (QED) is 0.349. The molecule has 1 aliphatic heterocycles. The number of thioether (sulfide) groups is 1. The maximum atomic E-state index is 13.1. The van der Waals surface area contributed by atoms with Crippen molar-refractivity contribution in [1.82, 2.24) is 4.90 Å². The van der Waals surface area contributed by atoms with E-state index >= 15 is 0 Å². The molecule has 202 valence electrons. The third-order valence-electron chi connectivity index (χ3n) is 5.54. The van der Waals surface area contributed by atoms with Crippen LogP contribution in [0.5, 0.6) is 0 Å². The van der Waals surface area contributed by atoms with Gasteiger partial charge in [0.1, 0.15) is 0 Å². The largest absolute Gasteiger partial charge is 0.378 e. The maximum absolute atomic E-state index is 13.1. The molecule has 14 heteroatoms. The van der Waals surface area contributed by atoms with E-state index in [2.05, 4.69) is 9.44 Å². The summed E-state index contributed by atoms with van der Waals surface area (Å²) in [7, 11) is -8.07. The van der Waals surface area contributed by atoms with Crippen molar-refractivity contribution in [2.24, 2.45) is 0 Å². The fraction of sp³-hybridized carbons (Fsp3) is 0.208. The number of hydrogen-bond acceptors (Lipinski definition) is 7. The van der Waals surface area contributed by atoms with Gasteiger partial charge in [-0.25, -0.2) is 16.8 Å². The maximum Gasteiger partial charge on any atom is 0.261 e. The Bertz CT molecular complexity index is 1540. The Balaban J connectivity index is 1.53. The van der Waals surface area contributed by atoms with Gasteiger partial charge in [-0.05, 0) is 66.9 Å². The summed E-state index contributed by atoms with van der Waals surface area (Å²) in [6.45, 7) is 1.70. The van der Waals surface area contributed by atoms with Gasteiger partial charge in [0.25, 0.3) is 26.0 Å². The van der Waals surface area contributed by atoms with Gasteiger partial charge < -0.3 is 9.64 Å². The zero-order valence-corrected chi connectivity index (χ0v) is 23.9. The molecule has 0 aromatic heterocycles. The van der Waals surface area contributed by atoms with Gasteiger partial charge in [0, 0.05) is 33.7 Å². The number of halogens is 2. The molecule has 9 nitrogen and oxygen atoms in total. The highest BCUT2D eigenvalue weighted by Crippen LogP contribution is 2.28. The molecule has 1 heterocycles. The summed E-state index contributed by atoms with van der Waals surface area (Å²) < 4.78 is 61.9. The fourth-order valence-corrected chi connectivity index (χ4v) is 6.92. The zero-order valence-electron chi connectivity index (χ0n) is 20.0. The zero-order chi connectivity index (χ0) is 27.5. The summed E-state index contributed by atoms with van der Waals surface area (Å²) in [5.41, 5.74) is 0.615. The molecule has 0 unspecified atom stereocenters. The van der Waals surface area contributed by atoms with Crippen molar-refractivity contribution in [3.05, 3.63) is 76.3 Å². The van der Waals surface area contributed by atoms with Crippen molar-refractivity contribution in [1.29, 1.82) is 0 Å². The van der Waals surface area contributed by atoms with Crippen LogP contribution in [0, 0.1) is 0 Å². The Morgan fingerprint density at radius 2 is 1.37 bits per heavy atom. The molecule has 0 spiro atoms. The lowest BCUT2D eigenvalue weighted by atomic mass is 10.2. The van der Waals surface area contributed by atoms with Gasteiger partial charge in [-0.1, -0.05) is 23.2 Å². The molecule has 0 atom stereocenters. The first-order chi connectivity index (χ1) is 18.0. The first-order valence-corrected chi connectivity index (χ1v) is 16.1. The van der Waals surface area contributed by atoms with Crippen LogP contribution in [0.25, 0.3) is 0 Å². The third-order valence-corrected chi connectivity index (χ3v) is 9.55. The number of nitrogens with zero attached hydrogens (tertiary/aromatic N) is 1. The normalized spacial score (nSPS) is 14.2. The molecule has 4 rings (SSSR count). The van der Waals surface area contributed by atoms with Crippen molar-refractivity contribution in [2.75, 3.05) is 42.0 Å². The lowest BCUT2D eigenvalue weighted by Gasteiger charge is -2.27. The van der Waals surface area contributed by atoms with Crippen LogP contribution in [0.1, 0.15) is 10.4 Å². The van der Waals surface area contributed by atoms with E-state index in [-0.39, 0.29) is 42.7 Å². The number of sulfonamides is 2. The Hall–Kier alpha value is -2.48. The molecule has 1 amide bonds. The lowest BCUT2D eigenvalue weighted by Crippen LogP contribution is -2.40. The molecule has 1 aliphatic rings. The van der Waals surface area contributed by atoms with Gasteiger partial charge in [0.05, 0.1) is 34.3 Å². The molecule has 3 aromatic rings. The average Bonchev–Trinajstić information content (AvgIpc) is 2.87. The molecule has 2 N–H and O–H groups in total. The van der Waals surface area contributed by atoms with E-state index in [1.165, 1.54) is 66.4 Å². The number of benzene rings is 3. The van der Waals surface area contributed by atoms with Crippen LogP contribution in [0.4, 0.5) is 11.4 Å². The number of morpholine rings is 1. The first kappa shape index (κ1) is 28.5. The Labute approximate surface area is 235 Å². The van der Waals surface area contributed by atoms with E-state index < -0.39 is 20.0 Å². The van der Waals surface area contributed by atoms with E-state index in [0.29, 0.717) is 31.2 Å². The second kappa shape index (κ2) is 11.7. The number of rotatable bonds is 8. The predicted molar refractivity (Wildman–Crippen MR) is 149 cm³/mol. The molecular weight excluding hydrogens is 593 g/mol. The summed E-state index contributed by atoms with van der Waals surface area (Å²) in [5.74, 6) is -0.266. The summed E-state index contributed by atoms with van der Waals surface area (Å²) >= 11 is 13.2. The average molecular weight is 617 g/mol. The molecule has 1 saturated heterocycles. The van der Waals surface area contributed by atoms with Crippen LogP contribution in [-0.2, 0) is 24.8 Å². The monoisotopic (exact) mass is 615 g/mol. The summed E-state index contributed by atoms with van der Waals surface area (Å²) in [4.78, 5) is 15.2. The Morgan fingerprint density at radius 1 is 0.816 bits per heavy atom. The highest BCUT2D eigenvalue weighted by atomic mass is 35.5. The van der Waals surface area contributed by atoms with E-state index in [0.717, 1.165) is 0 Å². The predicted octanol–water partition coefficient (Wildman–Crippen LogP) is 4.79. The molecule has 38 heavy (non-hydrogen) atoms. The molecular formula is C24H23Cl2N3O6S3. The van der Waals surface area contributed by atoms with Crippen LogP contribution < -0.4 is 9.44 Å². The van der Waals surface area contributed by atoms with Crippen LogP contribution in [0.15, 0.2) is 75.4 Å². The van der Waals surface area contributed by atoms with E-state index in [1.807, 2.05) is 6.26 Å². The van der Waals surface area contributed by atoms with Gasteiger partial charge >= 0.3 is 0 Å². The van der Waals surface area contributed by atoms with E-state index in [9.17, 15) is 21.6 Å². The third kappa shape index (κ3) is 6.74. The fourth-order valence-electron chi connectivity index (χ4n) is 3.70. The Morgan fingerprint density at radius 3 is 1.97 bits per heavy atom. The number of carbonyl (C=O) groups excluding carboxylic acids is 1. The van der Waals surface area contributed by atoms with Crippen LogP contribution in [0.3, 0.4) is 0 Å². The standard InChI is InChI=1S/C24H23Cl2N3O6S3/c1-36-23-7-6-21(15-22(23)24(30)29-8-10-35-11-9-29)38(33,34)27-18-2-4-20(5-3-18)37(31,32)28-19-13-16(25)12-17(26)14-19/h2-7,12-15,27-28H,8-11H2,1H3. The van der Waals surface area contributed by atoms with Gasteiger partial charge in [0.15, 0.2) is 0 Å². The molecule has 0 radical (unpaired) electrons. The number of anilines is 2. The van der Waals surface area contributed by atoms with E-state index in [4.69, 9.17) is 27.9 Å². The van der Waals surface area contributed by atoms with Crippen molar-refractivity contribution >= 4 is 72.3 Å². The number of carbonyl (C=O) groups is 1. The molecule has 0 aliphatic carbocycles. The molecule has 3 aromatic carbocycles. The minimum Gasteiger partial charge on any atom is -0.378 e. The SMILES string of the molecule is CSc1ccc(S(=O)(=O)Nc2ccc(S(=O)(=O)Nc3cc(Cl)cc(Cl)c3)cc2)cc1C(=O)N1CCOCC1. The first-order valence-electron chi connectivity index (χ1n) is 11.2.